The van der Waals surface area contributed by atoms with Gasteiger partial charge in [-0.25, -0.2) is 0 Å². The van der Waals surface area contributed by atoms with Crippen molar-refractivity contribution in [3.05, 3.63) is 35.9 Å². The van der Waals surface area contributed by atoms with Gasteiger partial charge < -0.3 is 5.11 Å². The van der Waals surface area contributed by atoms with Crippen LogP contribution in [0.3, 0.4) is 0 Å². The fraction of sp³-hybridized carbons (Fsp3) is 0.438. The molecule has 4 unspecified atom stereocenters. The van der Waals surface area contributed by atoms with Crippen LogP contribution < -0.4 is 10.6 Å². The molecule has 1 aromatic carbocycles. The smallest absolute Gasteiger partial charge is 0.325 e. The molecule has 116 valence electrons. The van der Waals surface area contributed by atoms with Gasteiger partial charge in [-0.05, 0) is 11.5 Å². The van der Waals surface area contributed by atoms with Gasteiger partial charge in [0.25, 0.3) is 0 Å². The lowest BCUT2D eigenvalue weighted by Crippen LogP contribution is -2.59. The number of carboxylic acid groups (broad SMARTS) is 1. The van der Waals surface area contributed by atoms with E-state index >= 15 is 0 Å². The predicted octanol–water partition coefficient (Wildman–Crippen LogP) is 0.699. The van der Waals surface area contributed by atoms with Gasteiger partial charge >= 0.3 is 5.97 Å². The third-order valence-corrected chi connectivity index (χ3v) is 4.86. The van der Waals surface area contributed by atoms with E-state index in [-0.39, 0.29) is 5.92 Å². The number of carboxylic acids is 1. The third-order valence-electron chi connectivity index (χ3n) is 4.86. The van der Waals surface area contributed by atoms with Gasteiger partial charge in [-0.2, -0.15) is 0 Å². The van der Waals surface area contributed by atoms with Crippen molar-refractivity contribution >= 4 is 17.8 Å². The first-order chi connectivity index (χ1) is 10.4. The summed E-state index contributed by atoms with van der Waals surface area (Å²) in [6.07, 6.45) is 0. The highest BCUT2D eigenvalue weighted by Crippen LogP contribution is 2.48. The molecule has 2 heterocycles. The average Bonchev–Trinajstić information content (AvgIpc) is 2.98. The quantitative estimate of drug-likeness (QED) is 0.714. The average molecular weight is 302 g/mol. The van der Waals surface area contributed by atoms with E-state index in [0.717, 1.165) is 5.56 Å². The number of rotatable bonds is 3. The van der Waals surface area contributed by atoms with E-state index in [1.54, 1.807) is 13.8 Å². The molecule has 2 amide bonds. The molecule has 2 aliphatic rings. The molecular weight excluding hydrogens is 284 g/mol. The number of benzene rings is 1. The topological polar surface area (TPSA) is 95.5 Å². The van der Waals surface area contributed by atoms with Crippen molar-refractivity contribution in [3.63, 3.8) is 0 Å². The van der Waals surface area contributed by atoms with Gasteiger partial charge in [0.1, 0.15) is 5.54 Å². The van der Waals surface area contributed by atoms with Gasteiger partial charge in [-0.15, -0.1) is 0 Å². The largest absolute Gasteiger partial charge is 0.480 e. The molecule has 0 bridgehead atoms. The highest BCUT2D eigenvalue weighted by molar-refractivity contribution is 6.09. The summed E-state index contributed by atoms with van der Waals surface area (Å²) in [6.45, 7) is 3.50. The number of amides is 2. The van der Waals surface area contributed by atoms with E-state index in [2.05, 4.69) is 10.6 Å². The molecule has 0 radical (unpaired) electrons. The first kappa shape index (κ1) is 14.7. The summed E-state index contributed by atoms with van der Waals surface area (Å²) in [5.41, 5.74) is -0.632. The Hall–Kier alpha value is -2.21. The standard InChI is InChI=1S/C16H18N2O4/c1-8(2)16(15(21)22)11-10(13(19)17-14(11)20)12(18-16)9-6-4-3-5-7-9/h3-8,10-12,18H,1-2H3,(H,21,22)(H,17,19,20). The number of nitrogens with one attached hydrogen (secondary N) is 2. The fourth-order valence-corrected chi connectivity index (χ4v) is 3.79. The van der Waals surface area contributed by atoms with Crippen molar-refractivity contribution in [1.29, 1.82) is 0 Å². The molecular formula is C16H18N2O4. The van der Waals surface area contributed by atoms with Gasteiger partial charge in [-0.1, -0.05) is 44.2 Å². The number of aliphatic carboxylic acids is 1. The lowest BCUT2D eigenvalue weighted by molar-refractivity contribution is -0.151. The monoisotopic (exact) mass is 302 g/mol. The molecule has 0 saturated carbocycles. The lowest BCUT2D eigenvalue weighted by atomic mass is 9.73. The summed E-state index contributed by atoms with van der Waals surface area (Å²) < 4.78 is 0. The van der Waals surface area contributed by atoms with Crippen LogP contribution in [0.5, 0.6) is 0 Å². The van der Waals surface area contributed by atoms with Crippen molar-refractivity contribution in [2.45, 2.75) is 25.4 Å². The zero-order chi connectivity index (χ0) is 16.1. The molecule has 0 spiro atoms. The molecule has 22 heavy (non-hydrogen) atoms. The summed E-state index contributed by atoms with van der Waals surface area (Å²) in [7, 11) is 0. The molecule has 2 aliphatic heterocycles. The second-order valence-corrected chi connectivity index (χ2v) is 6.22. The second kappa shape index (κ2) is 4.91. The van der Waals surface area contributed by atoms with Gasteiger partial charge in [0, 0.05) is 6.04 Å². The SMILES string of the molecule is CC(C)C1(C(=O)O)NC(c2ccccc2)C2C(=O)NC(=O)C21. The minimum absolute atomic E-state index is 0.345. The van der Waals surface area contributed by atoms with Crippen LogP contribution in [-0.2, 0) is 14.4 Å². The van der Waals surface area contributed by atoms with Gasteiger partial charge in [0.15, 0.2) is 0 Å². The third kappa shape index (κ3) is 1.80. The molecule has 6 heteroatoms. The Bertz CT molecular complexity index is 643. The van der Waals surface area contributed by atoms with E-state index in [0.29, 0.717) is 0 Å². The van der Waals surface area contributed by atoms with E-state index in [1.807, 2.05) is 30.3 Å². The highest BCUT2D eigenvalue weighted by atomic mass is 16.4. The van der Waals surface area contributed by atoms with Crippen molar-refractivity contribution < 1.29 is 19.5 Å². The van der Waals surface area contributed by atoms with Crippen LogP contribution in [0.2, 0.25) is 0 Å². The zero-order valence-electron chi connectivity index (χ0n) is 12.4. The molecule has 2 fully saturated rings. The van der Waals surface area contributed by atoms with Gasteiger partial charge in [0.05, 0.1) is 11.8 Å². The van der Waals surface area contributed by atoms with Crippen molar-refractivity contribution in [2.75, 3.05) is 0 Å². The number of carbonyl (C=O) groups is 3. The Balaban J connectivity index is 2.14. The molecule has 0 aromatic heterocycles. The maximum Gasteiger partial charge on any atom is 0.325 e. The van der Waals surface area contributed by atoms with Crippen LogP contribution in [0.15, 0.2) is 30.3 Å². The van der Waals surface area contributed by atoms with Crippen molar-refractivity contribution in [1.82, 2.24) is 10.6 Å². The number of fused-ring (bicyclic) bond motifs is 1. The van der Waals surface area contributed by atoms with Crippen molar-refractivity contribution in [3.8, 4) is 0 Å². The van der Waals surface area contributed by atoms with Crippen molar-refractivity contribution in [2.24, 2.45) is 17.8 Å². The summed E-state index contributed by atoms with van der Waals surface area (Å²) in [6, 6.07) is 8.69. The maximum atomic E-state index is 12.2. The van der Waals surface area contributed by atoms with Crippen LogP contribution >= 0.6 is 0 Å². The van der Waals surface area contributed by atoms with E-state index in [4.69, 9.17) is 0 Å². The highest BCUT2D eigenvalue weighted by Gasteiger charge is 2.67. The van der Waals surface area contributed by atoms with Gasteiger partial charge in [-0.3, -0.25) is 25.0 Å². The Morgan fingerprint density at radius 2 is 1.82 bits per heavy atom. The minimum Gasteiger partial charge on any atom is -0.480 e. The molecule has 3 N–H and O–H groups in total. The molecule has 1 aromatic rings. The molecule has 2 saturated heterocycles. The lowest BCUT2D eigenvalue weighted by Gasteiger charge is -2.33. The van der Waals surface area contributed by atoms with Crippen LogP contribution in [0.4, 0.5) is 0 Å². The first-order valence-corrected chi connectivity index (χ1v) is 7.30. The summed E-state index contributed by atoms with van der Waals surface area (Å²) in [5, 5.41) is 15.2. The fourth-order valence-electron chi connectivity index (χ4n) is 3.79. The Kier molecular flexibility index (Phi) is 3.29. The zero-order valence-corrected chi connectivity index (χ0v) is 12.4. The predicted molar refractivity (Wildman–Crippen MR) is 77.7 cm³/mol. The molecule has 6 nitrogen and oxygen atoms in total. The molecule has 0 aliphatic carbocycles. The number of hydrogen-bond acceptors (Lipinski definition) is 4. The van der Waals surface area contributed by atoms with Crippen LogP contribution in [0.1, 0.15) is 25.5 Å². The summed E-state index contributed by atoms with van der Waals surface area (Å²) in [4.78, 5) is 36.4. The van der Waals surface area contributed by atoms with E-state index < -0.39 is 41.2 Å². The second-order valence-electron chi connectivity index (χ2n) is 6.22. The summed E-state index contributed by atoms with van der Waals surface area (Å²) >= 11 is 0. The Morgan fingerprint density at radius 1 is 1.18 bits per heavy atom. The summed E-state index contributed by atoms with van der Waals surface area (Å²) in [5.74, 6) is -3.95. The Labute approximate surface area is 127 Å². The molecule has 3 rings (SSSR count). The van der Waals surface area contributed by atoms with Crippen LogP contribution in [-0.4, -0.2) is 28.4 Å². The van der Waals surface area contributed by atoms with Gasteiger partial charge in [0.2, 0.25) is 11.8 Å². The van der Waals surface area contributed by atoms with Crippen LogP contribution in [0, 0.1) is 17.8 Å². The number of carbonyl (C=O) groups excluding carboxylic acids is 2. The first-order valence-electron chi connectivity index (χ1n) is 7.30. The van der Waals surface area contributed by atoms with Crippen LogP contribution in [0.25, 0.3) is 0 Å². The maximum absolute atomic E-state index is 12.2. The number of hydrogen-bond donors (Lipinski definition) is 3. The van der Waals surface area contributed by atoms with E-state index in [1.165, 1.54) is 0 Å². The molecule has 4 atom stereocenters. The van der Waals surface area contributed by atoms with E-state index in [9.17, 15) is 19.5 Å². The normalized spacial score (nSPS) is 33.9. The Morgan fingerprint density at radius 3 is 2.36 bits per heavy atom. The number of imide groups is 1. The minimum atomic E-state index is -1.44.